The van der Waals surface area contributed by atoms with Crippen LogP contribution >= 0.6 is 23.4 Å². The maximum Gasteiger partial charge on any atom is 0.0406 e. The quantitative estimate of drug-likeness (QED) is 0.809. The summed E-state index contributed by atoms with van der Waals surface area (Å²) in [5.74, 6) is 0.789. The van der Waals surface area contributed by atoms with Gasteiger partial charge >= 0.3 is 0 Å². The van der Waals surface area contributed by atoms with Crippen molar-refractivity contribution in [1.82, 2.24) is 0 Å². The minimum atomic E-state index is 0.319. The molecule has 1 nitrogen and oxygen atoms in total. The van der Waals surface area contributed by atoms with Crippen LogP contribution in [0.3, 0.4) is 0 Å². The van der Waals surface area contributed by atoms with E-state index in [9.17, 15) is 0 Å². The third-order valence-electron chi connectivity index (χ3n) is 4.96. The van der Waals surface area contributed by atoms with E-state index in [2.05, 4.69) is 32.9 Å². The summed E-state index contributed by atoms with van der Waals surface area (Å²) < 4.78 is 0. The van der Waals surface area contributed by atoms with Gasteiger partial charge in [0.2, 0.25) is 0 Å². The molecule has 1 saturated carbocycles. The van der Waals surface area contributed by atoms with E-state index in [-0.39, 0.29) is 0 Å². The Labute approximate surface area is 132 Å². The van der Waals surface area contributed by atoms with Crippen LogP contribution in [0.25, 0.3) is 0 Å². The second kappa shape index (κ2) is 6.72. The second-order valence-electron chi connectivity index (χ2n) is 6.63. The number of hydrogen-bond acceptors (Lipinski definition) is 2. The van der Waals surface area contributed by atoms with E-state index in [0.717, 1.165) is 17.4 Å². The lowest BCUT2D eigenvalue weighted by atomic mass is 9.69. The van der Waals surface area contributed by atoms with Crippen molar-refractivity contribution < 1.29 is 0 Å². The first-order valence-electron chi connectivity index (χ1n) is 7.60. The van der Waals surface area contributed by atoms with Crippen LogP contribution in [-0.2, 0) is 0 Å². The van der Waals surface area contributed by atoms with Crippen molar-refractivity contribution in [3.63, 3.8) is 0 Å². The third-order valence-corrected chi connectivity index (χ3v) is 6.60. The summed E-state index contributed by atoms with van der Waals surface area (Å²) in [5.41, 5.74) is 6.79. The maximum absolute atomic E-state index is 6.36. The van der Waals surface area contributed by atoms with Gasteiger partial charge in [0.15, 0.2) is 0 Å². The highest BCUT2D eigenvalue weighted by Gasteiger charge is 2.36. The first-order valence-corrected chi connectivity index (χ1v) is 8.86. The van der Waals surface area contributed by atoms with Crippen LogP contribution in [0.2, 0.25) is 5.02 Å². The average Bonchev–Trinajstić information content (AvgIpc) is 2.43. The van der Waals surface area contributed by atoms with Crippen molar-refractivity contribution in [3.05, 3.63) is 29.3 Å². The summed E-state index contributed by atoms with van der Waals surface area (Å²) >= 11 is 7.88. The number of nitrogens with two attached hydrogens (primary N) is 1. The molecule has 112 valence electrons. The van der Waals surface area contributed by atoms with Gasteiger partial charge in [-0.3, -0.25) is 0 Å². The molecule has 3 atom stereocenters. The van der Waals surface area contributed by atoms with E-state index in [1.165, 1.54) is 24.2 Å². The zero-order chi connectivity index (χ0) is 14.8. The van der Waals surface area contributed by atoms with Gasteiger partial charge in [0.05, 0.1) is 0 Å². The number of thioether (sulfide) groups is 1. The fourth-order valence-corrected chi connectivity index (χ4v) is 4.38. The Morgan fingerprint density at radius 3 is 2.50 bits per heavy atom. The summed E-state index contributed by atoms with van der Waals surface area (Å²) in [6, 6.07) is 8.46. The number of hydrogen-bond donors (Lipinski definition) is 1. The standard InChI is InChI=1S/C17H26ClNS/c1-4-17(2,3)12-5-10-15(19)16(11-12)20-14-8-6-13(18)7-9-14/h6-9,12,15-16H,4-5,10-11,19H2,1-3H3. The molecule has 0 saturated heterocycles. The molecule has 1 aliphatic rings. The van der Waals surface area contributed by atoms with Crippen LogP contribution in [0.4, 0.5) is 0 Å². The second-order valence-corrected chi connectivity index (χ2v) is 8.38. The van der Waals surface area contributed by atoms with Crippen LogP contribution in [0.5, 0.6) is 0 Å². The topological polar surface area (TPSA) is 26.0 Å². The van der Waals surface area contributed by atoms with Gasteiger partial charge in [-0.2, -0.15) is 0 Å². The molecule has 0 spiro atoms. The fourth-order valence-electron chi connectivity index (χ4n) is 2.97. The highest BCUT2D eigenvalue weighted by molar-refractivity contribution is 8.00. The molecule has 0 heterocycles. The minimum Gasteiger partial charge on any atom is -0.327 e. The van der Waals surface area contributed by atoms with E-state index in [0.29, 0.717) is 16.7 Å². The van der Waals surface area contributed by atoms with Crippen LogP contribution in [0.15, 0.2) is 29.2 Å². The molecule has 1 aromatic rings. The molecule has 3 heteroatoms. The number of halogens is 1. The van der Waals surface area contributed by atoms with Crippen LogP contribution in [-0.4, -0.2) is 11.3 Å². The largest absolute Gasteiger partial charge is 0.327 e. The molecule has 0 aliphatic heterocycles. The van der Waals surface area contributed by atoms with Crippen molar-refractivity contribution >= 4 is 23.4 Å². The fraction of sp³-hybridized carbons (Fsp3) is 0.647. The van der Waals surface area contributed by atoms with Crippen molar-refractivity contribution in [2.24, 2.45) is 17.1 Å². The van der Waals surface area contributed by atoms with Crippen LogP contribution < -0.4 is 5.73 Å². The molecule has 3 unspecified atom stereocenters. The van der Waals surface area contributed by atoms with Crippen molar-refractivity contribution in [3.8, 4) is 0 Å². The molecule has 2 rings (SSSR count). The zero-order valence-corrected chi connectivity index (χ0v) is 14.3. The van der Waals surface area contributed by atoms with Gasteiger partial charge < -0.3 is 5.73 Å². The van der Waals surface area contributed by atoms with Gasteiger partial charge in [0, 0.05) is 21.2 Å². The molecule has 0 bridgehead atoms. The smallest absolute Gasteiger partial charge is 0.0406 e. The Balaban J connectivity index is 2.04. The highest BCUT2D eigenvalue weighted by Crippen LogP contribution is 2.44. The molecular formula is C17H26ClNS. The Hall–Kier alpha value is -0.180. The van der Waals surface area contributed by atoms with E-state index in [1.54, 1.807) is 0 Å². The summed E-state index contributed by atoms with van der Waals surface area (Å²) in [7, 11) is 0. The first kappa shape index (κ1) is 16.2. The van der Waals surface area contributed by atoms with Gasteiger partial charge in [-0.15, -0.1) is 11.8 Å². The zero-order valence-electron chi connectivity index (χ0n) is 12.7. The lowest BCUT2D eigenvalue weighted by Crippen LogP contribution is -2.42. The Morgan fingerprint density at radius 1 is 1.25 bits per heavy atom. The molecule has 1 aromatic carbocycles. The maximum atomic E-state index is 6.36. The summed E-state index contributed by atoms with van der Waals surface area (Å²) in [4.78, 5) is 1.28. The van der Waals surface area contributed by atoms with Gasteiger partial charge in [-0.25, -0.2) is 0 Å². The Kier molecular flexibility index (Phi) is 5.44. The molecule has 1 fully saturated rings. The van der Waals surface area contributed by atoms with E-state index >= 15 is 0 Å². The minimum absolute atomic E-state index is 0.319. The molecule has 0 radical (unpaired) electrons. The molecule has 0 amide bonds. The van der Waals surface area contributed by atoms with E-state index < -0.39 is 0 Å². The predicted octanol–water partition coefficient (Wildman–Crippen LogP) is 5.36. The van der Waals surface area contributed by atoms with Crippen molar-refractivity contribution in [1.29, 1.82) is 0 Å². The molecule has 0 aromatic heterocycles. The first-order chi connectivity index (χ1) is 9.42. The summed E-state index contributed by atoms with van der Waals surface area (Å²) in [5, 5.41) is 1.33. The number of rotatable bonds is 4. The SMILES string of the molecule is CCC(C)(C)C1CCC(N)C(Sc2ccc(Cl)cc2)C1. The van der Waals surface area contributed by atoms with Crippen molar-refractivity contribution in [2.75, 3.05) is 0 Å². The van der Waals surface area contributed by atoms with Crippen molar-refractivity contribution in [2.45, 2.75) is 62.6 Å². The Bertz CT molecular complexity index is 429. The Morgan fingerprint density at radius 2 is 1.90 bits per heavy atom. The summed E-state index contributed by atoms with van der Waals surface area (Å²) in [6.45, 7) is 7.10. The van der Waals surface area contributed by atoms with Gasteiger partial charge in [-0.1, -0.05) is 38.8 Å². The van der Waals surface area contributed by atoms with Gasteiger partial charge in [0.1, 0.15) is 0 Å². The molecule has 2 N–H and O–H groups in total. The van der Waals surface area contributed by atoms with E-state index in [4.69, 9.17) is 17.3 Å². The monoisotopic (exact) mass is 311 g/mol. The highest BCUT2D eigenvalue weighted by atomic mass is 35.5. The van der Waals surface area contributed by atoms with Crippen LogP contribution in [0.1, 0.15) is 46.5 Å². The van der Waals surface area contributed by atoms with Gasteiger partial charge in [0.25, 0.3) is 0 Å². The average molecular weight is 312 g/mol. The molecule has 1 aliphatic carbocycles. The lowest BCUT2D eigenvalue weighted by molar-refractivity contribution is 0.148. The molecule has 20 heavy (non-hydrogen) atoms. The van der Waals surface area contributed by atoms with Crippen LogP contribution in [0, 0.1) is 11.3 Å². The van der Waals surface area contributed by atoms with E-state index in [1.807, 2.05) is 23.9 Å². The third kappa shape index (κ3) is 3.93. The molecular weight excluding hydrogens is 286 g/mol. The number of benzene rings is 1. The summed E-state index contributed by atoms with van der Waals surface area (Å²) in [6.07, 6.45) is 4.90. The lowest BCUT2D eigenvalue weighted by Gasteiger charge is -2.41. The predicted molar refractivity (Wildman–Crippen MR) is 90.5 cm³/mol. The van der Waals surface area contributed by atoms with Gasteiger partial charge in [-0.05, 0) is 54.9 Å². The normalized spacial score (nSPS) is 27.6.